The van der Waals surface area contributed by atoms with Crippen molar-refractivity contribution >= 4 is 35.3 Å². The fraction of sp³-hybridized carbons (Fsp3) is 0.571. The third-order valence-electron chi connectivity index (χ3n) is 3.78. The molecule has 1 fully saturated rings. The number of rotatable bonds is 9. The molecule has 0 aromatic heterocycles. The third-order valence-corrected chi connectivity index (χ3v) is 3.78. The summed E-state index contributed by atoms with van der Waals surface area (Å²) in [4.78, 5) is 71.2. The molecule has 0 radical (unpaired) electrons. The zero-order chi connectivity index (χ0) is 20.0. The van der Waals surface area contributed by atoms with Crippen molar-refractivity contribution < 1.29 is 28.8 Å². The van der Waals surface area contributed by atoms with Gasteiger partial charge in [-0.15, -0.1) is 0 Å². The first kappa shape index (κ1) is 21.2. The number of carbonyl (C=O) groups excluding carboxylic acids is 6. The fourth-order valence-corrected chi connectivity index (χ4v) is 2.36. The molecule has 12 heteroatoms. The number of Topliss-reactive ketones (excluding diaryl/α,β-unsaturated/α-hetero) is 1. The Bertz CT molecular complexity index is 581. The molecule has 1 aliphatic rings. The highest BCUT2D eigenvalue weighted by Gasteiger charge is 2.45. The fourth-order valence-electron chi connectivity index (χ4n) is 2.36. The monoisotopic (exact) mass is 370 g/mol. The third kappa shape index (κ3) is 5.32. The van der Waals surface area contributed by atoms with Gasteiger partial charge in [-0.05, 0) is 12.8 Å². The average Bonchev–Trinajstić information content (AvgIpc) is 2.57. The first-order valence-corrected chi connectivity index (χ1v) is 7.81. The number of piperazine rings is 1. The van der Waals surface area contributed by atoms with E-state index in [2.05, 4.69) is 5.32 Å². The summed E-state index contributed by atoms with van der Waals surface area (Å²) in [6.07, 6.45) is -0.727. The van der Waals surface area contributed by atoms with E-state index in [1.54, 1.807) is 0 Å². The van der Waals surface area contributed by atoms with Crippen molar-refractivity contribution in [1.29, 1.82) is 0 Å². The molecule has 1 heterocycles. The number of hydrogen-bond donors (Lipinski definition) is 5. The minimum absolute atomic E-state index is 0.151. The van der Waals surface area contributed by atoms with Crippen molar-refractivity contribution in [1.82, 2.24) is 10.2 Å². The number of hydrogen-bond acceptors (Lipinski definition) is 8. The van der Waals surface area contributed by atoms with Gasteiger partial charge in [0.05, 0.1) is 18.6 Å². The van der Waals surface area contributed by atoms with E-state index in [0.29, 0.717) is 4.90 Å². The van der Waals surface area contributed by atoms with Crippen LogP contribution in [0.2, 0.25) is 0 Å². The Labute approximate surface area is 148 Å². The second kappa shape index (κ2) is 9.01. The molecule has 0 aromatic carbocycles. The molecular formula is C14H22N6O6. The molecule has 1 aliphatic heterocycles. The molecule has 1 rings (SSSR count). The molecule has 0 bridgehead atoms. The number of carbonyl (C=O) groups is 6. The summed E-state index contributed by atoms with van der Waals surface area (Å²) in [6.45, 7) is -0.493. The summed E-state index contributed by atoms with van der Waals surface area (Å²) in [7, 11) is 0. The number of primary amides is 2. The summed E-state index contributed by atoms with van der Waals surface area (Å²) >= 11 is 0. The van der Waals surface area contributed by atoms with E-state index in [9.17, 15) is 28.8 Å². The largest absolute Gasteiger partial charge is 0.370 e. The molecule has 9 N–H and O–H groups in total. The highest BCUT2D eigenvalue weighted by molar-refractivity contribution is 6.17. The lowest BCUT2D eigenvalue weighted by atomic mass is 9.96. The van der Waals surface area contributed by atoms with E-state index in [4.69, 9.17) is 22.9 Å². The lowest BCUT2D eigenvalue weighted by molar-refractivity contribution is -0.160. The van der Waals surface area contributed by atoms with Crippen LogP contribution >= 0.6 is 0 Å². The highest BCUT2D eigenvalue weighted by Crippen LogP contribution is 2.14. The Hall–Kier alpha value is -2.86. The first-order chi connectivity index (χ1) is 12.1. The van der Waals surface area contributed by atoms with Crippen LogP contribution < -0.4 is 28.3 Å². The van der Waals surface area contributed by atoms with Crippen LogP contribution in [0.1, 0.15) is 25.7 Å². The lowest BCUT2D eigenvalue weighted by Crippen LogP contribution is -2.67. The molecule has 144 valence electrons. The summed E-state index contributed by atoms with van der Waals surface area (Å²) in [6, 6.07) is -4.40. The average molecular weight is 370 g/mol. The maximum atomic E-state index is 12.5. The van der Waals surface area contributed by atoms with E-state index in [1.165, 1.54) is 0 Å². The topological polar surface area (TPSA) is 222 Å². The predicted molar refractivity (Wildman–Crippen MR) is 86.5 cm³/mol. The molecule has 0 aliphatic carbocycles. The Morgan fingerprint density at radius 2 is 1.50 bits per heavy atom. The second-order valence-electron chi connectivity index (χ2n) is 5.85. The van der Waals surface area contributed by atoms with Crippen LogP contribution in [0.3, 0.4) is 0 Å². The summed E-state index contributed by atoms with van der Waals surface area (Å²) in [5.41, 5.74) is 21.3. The van der Waals surface area contributed by atoms with Gasteiger partial charge in [-0.1, -0.05) is 0 Å². The smallest absolute Gasteiger partial charge is 0.251 e. The van der Waals surface area contributed by atoms with Gasteiger partial charge in [0.2, 0.25) is 23.6 Å². The van der Waals surface area contributed by atoms with Crippen LogP contribution in [0.5, 0.6) is 0 Å². The Morgan fingerprint density at radius 1 is 1.00 bits per heavy atom. The van der Waals surface area contributed by atoms with E-state index in [1.807, 2.05) is 0 Å². The number of nitrogens with one attached hydrogen (secondary N) is 1. The van der Waals surface area contributed by atoms with Crippen molar-refractivity contribution in [2.24, 2.45) is 22.9 Å². The SMILES string of the molecule is NC(=O)CC[C@H](N)C(=O)C1C(=O)NCC(=O)N1C(=O)[C@@H](N)CCC(N)=O. The number of ketones is 1. The van der Waals surface area contributed by atoms with Crippen LogP contribution in [0.25, 0.3) is 0 Å². The van der Waals surface area contributed by atoms with Crippen molar-refractivity contribution in [2.75, 3.05) is 6.54 Å². The second-order valence-corrected chi connectivity index (χ2v) is 5.85. The van der Waals surface area contributed by atoms with Gasteiger partial charge in [-0.25, -0.2) is 0 Å². The molecule has 12 nitrogen and oxygen atoms in total. The normalized spacial score (nSPS) is 19.5. The van der Waals surface area contributed by atoms with Gasteiger partial charge in [0.15, 0.2) is 11.8 Å². The van der Waals surface area contributed by atoms with Crippen LogP contribution in [-0.2, 0) is 28.8 Å². The molecule has 1 saturated heterocycles. The zero-order valence-electron chi connectivity index (χ0n) is 14.0. The van der Waals surface area contributed by atoms with Crippen LogP contribution in [-0.4, -0.2) is 64.9 Å². The van der Waals surface area contributed by atoms with Gasteiger partial charge in [-0.3, -0.25) is 33.7 Å². The van der Waals surface area contributed by atoms with Crippen LogP contribution in [0, 0.1) is 0 Å². The standard InChI is InChI=1S/C14H22N6O6/c15-6(1-3-8(17)21)12(24)11-13(25)19-5-10(23)20(11)14(26)7(16)2-4-9(18)22/h6-7,11H,1-5,15-16H2,(H2,17,21)(H2,18,22)(H,19,25)/t6-,7-,11?/m0/s1. The predicted octanol–water partition coefficient (Wildman–Crippen LogP) is -4.41. The number of amides is 5. The van der Waals surface area contributed by atoms with Gasteiger partial charge >= 0.3 is 0 Å². The number of nitrogens with two attached hydrogens (primary N) is 4. The van der Waals surface area contributed by atoms with E-state index < -0.39 is 60.0 Å². The van der Waals surface area contributed by atoms with Gasteiger partial charge in [0, 0.05) is 12.8 Å². The van der Waals surface area contributed by atoms with E-state index in [-0.39, 0.29) is 25.7 Å². The van der Waals surface area contributed by atoms with Crippen molar-refractivity contribution in [3.8, 4) is 0 Å². The van der Waals surface area contributed by atoms with Gasteiger partial charge in [-0.2, -0.15) is 0 Å². The van der Waals surface area contributed by atoms with Crippen LogP contribution in [0.4, 0.5) is 0 Å². The number of imide groups is 1. The van der Waals surface area contributed by atoms with E-state index >= 15 is 0 Å². The van der Waals surface area contributed by atoms with Gasteiger partial charge < -0.3 is 28.3 Å². The number of nitrogens with zero attached hydrogens (tertiary/aromatic N) is 1. The zero-order valence-corrected chi connectivity index (χ0v) is 14.0. The van der Waals surface area contributed by atoms with Crippen molar-refractivity contribution in [3.05, 3.63) is 0 Å². The Kier molecular flexibility index (Phi) is 7.34. The molecule has 0 spiro atoms. The van der Waals surface area contributed by atoms with Crippen molar-refractivity contribution in [3.63, 3.8) is 0 Å². The summed E-state index contributed by atoms with van der Waals surface area (Å²) in [5, 5.41) is 2.19. The summed E-state index contributed by atoms with van der Waals surface area (Å²) in [5.74, 6) is -5.04. The van der Waals surface area contributed by atoms with Crippen LogP contribution in [0.15, 0.2) is 0 Å². The molecule has 3 atom stereocenters. The quantitative estimate of drug-likeness (QED) is 0.248. The minimum Gasteiger partial charge on any atom is -0.370 e. The molecule has 26 heavy (non-hydrogen) atoms. The lowest BCUT2D eigenvalue weighted by Gasteiger charge is -2.34. The molecular weight excluding hydrogens is 348 g/mol. The van der Waals surface area contributed by atoms with Gasteiger partial charge in [0.25, 0.3) is 5.91 Å². The highest BCUT2D eigenvalue weighted by atomic mass is 16.2. The Morgan fingerprint density at radius 3 is 2.00 bits per heavy atom. The van der Waals surface area contributed by atoms with Gasteiger partial charge in [0.1, 0.15) is 0 Å². The van der Waals surface area contributed by atoms with Crippen molar-refractivity contribution in [2.45, 2.75) is 43.8 Å². The molecule has 1 unspecified atom stereocenters. The molecule has 5 amide bonds. The van der Waals surface area contributed by atoms with E-state index in [0.717, 1.165) is 0 Å². The maximum Gasteiger partial charge on any atom is 0.251 e. The summed E-state index contributed by atoms with van der Waals surface area (Å²) < 4.78 is 0. The maximum absolute atomic E-state index is 12.5. The Balaban J connectivity index is 3.00. The molecule has 0 aromatic rings. The first-order valence-electron chi connectivity index (χ1n) is 7.81. The molecule has 0 saturated carbocycles. The minimum atomic E-state index is -1.80.